The summed E-state index contributed by atoms with van der Waals surface area (Å²) in [5.74, 6) is 0.0441. The maximum Gasteiger partial charge on any atom is 0.223 e. The van der Waals surface area contributed by atoms with Crippen molar-refractivity contribution in [3.8, 4) is 0 Å². The van der Waals surface area contributed by atoms with E-state index in [0.717, 1.165) is 11.4 Å². The molecule has 3 nitrogen and oxygen atoms in total. The van der Waals surface area contributed by atoms with Gasteiger partial charge in [0.05, 0.1) is 0 Å². The fourth-order valence-corrected chi connectivity index (χ4v) is 1.16. The van der Waals surface area contributed by atoms with Gasteiger partial charge in [0, 0.05) is 39.4 Å². The van der Waals surface area contributed by atoms with Gasteiger partial charge in [-0.1, -0.05) is 0 Å². The third kappa shape index (κ3) is 2.25. The number of rotatable bonds is 2. The van der Waals surface area contributed by atoms with Crippen LogP contribution in [0.3, 0.4) is 0 Å². The van der Waals surface area contributed by atoms with E-state index in [1.165, 1.54) is 0 Å². The molecule has 0 bridgehead atoms. The maximum atomic E-state index is 11.1. The summed E-state index contributed by atoms with van der Waals surface area (Å²) in [5, 5.41) is 0. The highest BCUT2D eigenvalue weighted by atomic mass is 16.2. The molecule has 0 aliphatic heterocycles. The number of amides is 1. The Morgan fingerprint density at radius 1 is 1.00 bits per heavy atom. The van der Waals surface area contributed by atoms with Crippen LogP contribution in [0.1, 0.15) is 6.92 Å². The molecule has 0 heterocycles. The van der Waals surface area contributed by atoms with Crippen molar-refractivity contribution in [2.24, 2.45) is 0 Å². The summed E-state index contributed by atoms with van der Waals surface area (Å²) < 4.78 is 0. The molecule has 0 unspecified atom stereocenters. The third-order valence-electron chi connectivity index (χ3n) is 2.23. The van der Waals surface area contributed by atoms with Gasteiger partial charge in [0.1, 0.15) is 0 Å². The molecule has 0 aromatic heterocycles. The minimum atomic E-state index is 0.0441. The molecular weight excluding hydrogens is 176 g/mol. The van der Waals surface area contributed by atoms with E-state index in [-0.39, 0.29) is 5.91 Å². The van der Waals surface area contributed by atoms with E-state index in [4.69, 9.17) is 0 Å². The molecule has 0 atom stereocenters. The predicted molar refractivity (Wildman–Crippen MR) is 59.9 cm³/mol. The van der Waals surface area contributed by atoms with Crippen LogP contribution in [0.2, 0.25) is 0 Å². The molecule has 0 saturated carbocycles. The van der Waals surface area contributed by atoms with E-state index >= 15 is 0 Å². The molecule has 76 valence electrons. The van der Waals surface area contributed by atoms with Gasteiger partial charge in [-0.15, -0.1) is 0 Å². The molecule has 0 radical (unpaired) electrons. The zero-order valence-electron chi connectivity index (χ0n) is 9.11. The van der Waals surface area contributed by atoms with Crippen LogP contribution in [0.5, 0.6) is 0 Å². The van der Waals surface area contributed by atoms with Crippen molar-refractivity contribution in [3.05, 3.63) is 24.3 Å². The molecule has 1 amide bonds. The normalized spacial score (nSPS) is 9.71. The molecule has 3 heteroatoms. The quantitative estimate of drug-likeness (QED) is 0.712. The Bertz CT molecular complexity index is 317. The lowest BCUT2D eigenvalue weighted by Crippen LogP contribution is -2.22. The number of carbonyl (C=O) groups is 1. The SMILES string of the molecule is CC(=O)N(C)c1ccc(N(C)C)cc1. The van der Waals surface area contributed by atoms with Gasteiger partial charge in [-0.2, -0.15) is 0 Å². The van der Waals surface area contributed by atoms with Crippen LogP contribution in [0.15, 0.2) is 24.3 Å². The first-order valence-electron chi connectivity index (χ1n) is 4.54. The lowest BCUT2D eigenvalue weighted by atomic mass is 10.2. The largest absolute Gasteiger partial charge is 0.378 e. The Kier molecular flexibility index (Phi) is 3.12. The van der Waals surface area contributed by atoms with Crippen LogP contribution >= 0.6 is 0 Å². The second kappa shape index (κ2) is 4.13. The van der Waals surface area contributed by atoms with Gasteiger partial charge in [0.2, 0.25) is 5.91 Å². The number of nitrogens with zero attached hydrogens (tertiary/aromatic N) is 2. The Morgan fingerprint density at radius 3 is 1.79 bits per heavy atom. The molecule has 0 spiro atoms. The van der Waals surface area contributed by atoms with Crippen LogP contribution in [0.25, 0.3) is 0 Å². The van der Waals surface area contributed by atoms with Crippen LogP contribution in [-0.4, -0.2) is 27.1 Å². The molecule has 0 saturated heterocycles. The van der Waals surface area contributed by atoms with E-state index in [1.54, 1.807) is 18.9 Å². The Balaban J connectivity index is 2.88. The number of anilines is 2. The molecule has 1 aromatic carbocycles. The zero-order chi connectivity index (χ0) is 10.7. The number of carbonyl (C=O) groups excluding carboxylic acids is 1. The summed E-state index contributed by atoms with van der Waals surface area (Å²) in [4.78, 5) is 14.7. The topological polar surface area (TPSA) is 23.6 Å². The summed E-state index contributed by atoms with van der Waals surface area (Å²) in [6.07, 6.45) is 0. The van der Waals surface area contributed by atoms with Gasteiger partial charge >= 0.3 is 0 Å². The summed E-state index contributed by atoms with van der Waals surface area (Å²) in [5.41, 5.74) is 2.05. The lowest BCUT2D eigenvalue weighted by molar-refractivity contribution is -0.116. The minimum Gasteiger partial charge on any atom is -0.378 e. The van der Waals surface area contributed by atoms with E-state index in [1.807, 2.05) is 43.3 Å². The summed E-state index contributed by atoms with van der Waals surface area (Å²) in [6, 6.07) is 7.87. The van der Waals surface area contributed by atoms with Crippen molar-refractivity contribution >= 4 is 17.3 Å². The molecule has 0 aliphatic carbocycles. The second-order valence-electron chi connectivity index (χ2n) is 3.49. The first-order chi connectivity index (χ1) is 6.52. The Morgan fingerprint density at radius 2 is 1.43 bits per heavy atom. The number of hydrogen-bond donors (Lipinski definition) is 0. The van der Waals surface area contributed by atoms with E-state index < -0.39 is 0 Å². The van der Waals surface area contributed by atoms with Crippen molar-refractivity contribution in [1.82, 2.24) is 0 Å². The average Bonchev–Trinajstić information content (AvgIpc) is 2.16. The molecule has 14 heavy (non-hydrogen) atoms. The first kappa shape index (κ1) is 10.6. The minimum absolute atomic E-state index is 0.0441. The smallest absolute Gasteiger partial charge is 0.223 e. The average molecular weight is 192 g/mol. The molecule has 0 fully saturated rings. The van der Waals surface area contributed by atoms with E-state index in [9.17, 15) is 4.79 Å². The van der Waals surface area contributed by atoms with Gasteiger partial charge in [-0.3, -0.25) is 4.79 Å². The fraction of sp³-hybridized carbons (Fsp3) is 0.364. The Labute approximate surface area is 84.9 Å². The van der Waals surface area contributed by atoms with Crippen LogP contribution < -0.4 is 9.80 Å². The van der Waals surface area contributed by atoms with Crippen LogP contribution in [0, 0.1) is 0 Å². The molecule has 0 N–H and O–H groups in total. The van der Waals surface area contributed by atoms with Crippen molar-refractivity contribution in [1.29, 1.82) is 0 Å². The number of benzene rings is 1. The highest BCUT2D eigenvalue weighted by Gasteiger charge is 2.04. The van der Waals surface area contributed by atoms with Crippen molar-refractivity contribution in [2.45, 2.75) is 6.92 Å². The standard InChI is InChI=1S/C11H16N2O/c1-9(14)13(4)11-7-5-10(6-8-11)12(2)3/h5-8H,1-4H3. The van der Waals surface area contributed by atoms with Crippen molar-refractivity contribution < 1.29 is 4.79 Å². The van der Waals surface area contributed by atoms with Gasteiger partial charge in [-0.05, 0) is 24.3 Å². The molecule has 0 aliphatic rings. The predicted octanol–water partition coefficient (Wildman–Crippen LogP) is 1.74. The lowest BCUT2D eigenvalue weighted by Gasteiger charge is -2.17. The van der Waals surface area contributed by atoms with Gasteiger partial charge in [0.15, 0.2) is 0 Å². The molecular formula is C11H16N2O. The van der Waals surface area contributed by atoms with E-state index in [0.29, 0.717) is 0 Å². The first-order valence-corrected chi connectivity index (χ1v) is 4.54. The van der Waals surface area contributed by atoms with Crippen molar-refractivity contribution in [2.75, 3.05) is 30.9 Å². The van der Waals surface area contributed by atoms with Gasteiger partial charge < -0.3 is 9.80 Å². The molecule has 1 aromatic rings. The summed E-state index contributed by atoms with van der Waals surface area (Å²) in [6.45, 7) is 1.56. The summed E-state index contributed by atoms with van der Waals surface area (Å²) in [7, 11) is 5.75. The zero-order valence-corrected chi connectivity index (χ0v) is 9.11. The van der Waals surface area contributed by atoms with Gasteiger partial charge in [-0.25, -0.2) is 0 Å². The summed E-state index contributed by atoms with van der Waals surface area (Å²) >= 11 is 0. The Hall–Kier alpha value is -1.51. The maximum absolute atomic E-state index is 11.1. The highest BCUT2D eigenvalue weighted by molar-refractivity contribution is 5.90. The fourth-order valence-electron chi connectivity index (χ4n) is 1.16. The highest BCUT2D eigenvalue weighted by Crippen LogP contribution is 2.18. The molecule has 1 rings (SSSR count). The van der Waals surface area contributed by atoms with E-state index in [2.05, 4.69) is 0 Å². The third-order valence-corrected chi connectivity index (χ3v) is 2.23. The van der Waals surface area contributed by atoms with Gasteiger partial charge in [0.25, 0.3) is 0 Å². The second-order valence-corrected chi connectivity index (χ2v) is 3.49. The van der Waals surface area contributed by atoms with Crippen LogP contribution in [0.4, 0.5) is 11.4 Å². The van der Waals surface area contributed by atoms with Crippen molar-refractivity contribution in [3.63, 3.8) is 0 Å². The number of hydrogen-bond acceptors (Lipinski definition) is 2. The van der Waals surface area contributed by atoms with Crippen LogP contribution in [-0.2, 0) is 4.79 Å². The monoisotopic (exact) mass is 192 g/mol.